The molecule has 1 aromatic heterocycles. The number of hydrogen-bond donors (Lipinski definition) is 0. The van der Waals surface area contributed by atoms with Gasteiger partial charge in [-0.3, -0.25) is 9.78 Å². The molecule has 0 aliphatic rings. The van der Waals surface area contributed by atoms with Gasteiger partial charge in [0, 0.05) is 18.1 Å². The Kier molecular flexibility index (Phi) is 6.11. The fraction of sp³-hybridized carbons (Fsp3) is 0.190. The fourth-order valence-corrected chi connectivity index (χ4v) is 2.83. The summed E-state index contributed by atoms with van der Waals surface area (Å²) < 4.78 is 43.7. The van der Waals surface area contributed by atoms with Crippen LogP contribution in [0.15, 0.2) is 66.9 Å². The lowest BCUT2D eigenvalue weighted by molar-refractivity contribution is -0.164. The molecule has 29 heavy (non-hydrogen) atoms. The number of alkyl halides is 3. The lowest BCUT2D eigenvalue weighted by Gasteiger charge is -2.24. The predicted octanol–water partition coefficient (Wildman–Crippen LogP) is 3.98. The minimum Gasteiger partial charge on any atom is -0.452 e. The van der Waals surface area contributed by atoms with E-state index in [1.165, 1.54) is 6.07 Å². The number of ether oxygens (including phenoxy) is 1. The molecule has 0 saturated carbocycles. The van der Waals surface area contributed by atoms with Crippen molar-refractivity contribution in [2.24, 2.45) is 0 Å². The third-order valence-electron chi connectivity index (χ3n) is 4.13. The summed E-state index contributed by atoms with van der Waals surface area (Å²) in [4.78, 5) is 29.5. The molecule has 0 radical (unpaired) electrons. The Balaban J connectivity index is 1.71. The molecule has 8 heteroatoms. The van der Waals surface area contributed by atoms with Crippen LogP contribution < -0.4 is 0 Å². The van der Waals surface area contributed by atoms with Gasteiger partial charge in [0.25, 0.3) is 5.91 Å². The zero-order valence-corrected chi connectivity index (χ0v) is 15.2. The number of fused-ring (bicyclic) bond motifs is 1. The molecule has 0 fully saturated rings. The number of pyridine rings is 1. The van der Waals surface area contributed by atoms with Gasteiger partial charge in [0.1, 0.15) is 6.54 Å². The Morgan fingerprint density at radius 2 is 1.72 bits per heavy atom. The topological polar surface area (TPSA) is 59.5 Å². The lowest BCUT2D eigenvalue weighted by atomic mass is 10.1. The minimum atomic E-state index is -4.57. The maximum absolute atomic E-state index is 12.9. The van der Waals surface area contributed by atoms with Crippen LogP contribution in [0.1, 0.15) is 15.9 Å². The first-order chi connectivity index (χ1) is 13.8. The van der Waals surface area contributed by atoms with Gasteiger partial charge in [0.05, 0.1) is 11.1 Å². The molecule has 3 rings (SSSR count). The van der Waals surface area contributed by atoms with Crippen molar-refractivity contribution in [3.63, 3.8) is 0 Å². The van der Waals surface area contributed by atoms with E-state index < -0.39 is 31.2 Å². The molecule has 0 unspecified atom stereocenters. The molecular weight excluding hydrogens is 385 g/mol. The minimum absolute atomic E-state index is 0.189. The summed E-state index contributed by atoms with van der Waals surface area (Å²) in [7, 11) is 0. The third kappa shape index (κ3) is 5.54. The van der Waals surface area contributed by atoms with E-state index >= 15 is 0 Å². The van der Waals surface area contributed by atoms with Crippen LogP contribution in [0.25, 0.3) is 10.9 Å². The second kappa shape index (κ2) is 8.72. The smallest absolute Gasteiger partial charge is 0.406 e. The van der Waals surface area contributed by atoms with E-state index in [0.29, 0.717) is 21.4 Å². The first-order valence-corrected chi connectivity index (χ1v) is 8.73. The largest absolute Gasteiger partial charge is 0.452 e. The highest BCUT2D eigenvalue weighted by molar-refractivity contribution is 6.03. The Hall–Kier alpha value is -3.42. The zero-order chi connectivity index (χ0) is 20.9. The number of hydrogen-bond acceptors (Lipinski definition) is 4. The van der Waals surface area contributed by atoms with Gasteiger partial charge >= 0.3 is 12.1 Å². The quantitative estimate of drug-likeness (QED) is 0.585. The van der Waals surface area contributed by atoms with Gasteiger partial charge in [-0.2, -0.15) is 13.2 Å². The maximum Gasteiger partial charge on any atom is 0.406 e. The molecular formula is C21H17F3N2O3. The second-order valence-electron chi connectivity index (χ2n) is 6.30. The molecule has 1 heterocycles. The van der Waals surface area contributed by atoms with Crippen LogP contribution in [0.5, 0.6) is 0 Å². The van der Waals surface area contributed by atoms with Crippen molar-refractivity contribution in [3.05, 3.63) is 78.0 Å². The molecule has 0 aliphatic heterocycles. The zero-order valence-electron chi connectivity index (χ0n) is 15.2. The van der Waals surface area contributed by atoms with Crippen LogP contribution in [0.3, 0.4) is 0 Å². The average molecular weight is 402 g/mol. The Morgan fingerprint density at radius 1 is 0.966 bits per heavy atom. The van der Waals surface area contributed by atoms with E-state index in [0.717, 1.165) is 0 Å². The number of benzene rings is 2. The highest BCUT2D eigenvalue weighted by Crippen LogP contribution is 2.20. The third-order valence-corrected chi connectivity index (χ3v) is 4.13. The number of carbonyl (C=O) groups is 2. The van der Waals surface area contributed by atoms with Gasteiger partial charge in [0.2, 0.25) is 0 Å². The Bertz CT molecular complexity index is 1000. The summed E-state index contributed by atoms with van der Waals surface area (Å²) in [5, 5.41) is 0.531. The number of amides is 1. The Morgan fingerprint density at radius 3 is 2.45 bits per heavy atom. The monoisotopic (exact) mass is 402 g/mol. The van der Waals surface area contributed by atoms with E-state index in [2.05, 4.69) is 4.98 Å². The molecule has 0 spiro atoms. The number of rotatable bonds is 6. The average Bonchev–Trinajstić information content (AvgIpc) is 2.70. The first kappa shape index (κ1) is 20.3. The molecule has 2 aromatic carbocycles. The molecule has 5 nitrogen and oxygen atoms in total. The van der Waals surface area contributed by atoms with E-state index in [1.807, 2.05) is 0 Å². The van der Waals surface area contributed by atoms with Crippen molar-refractivity contribution in [3.8, 4) is 0 Å². The summed E-state index contributed by atoms with van der Waals surface area (Å²) in [5.74, 6) is -1.73. The van der Waals surface area contributed by atoms with Crippen LogP contribution in [0.4, 0.5) is 13.2 Å². The van der Waals surface area contributed by atoms with Gasteiger partial charge < -0.3 is 9.64 Å². The molecule has 0 aliphatic carbocycles. The SMILES string of the molecule is O=C(OCC(=O)N(Cc1ccccc1)CC(F)(F)F)c1cccc2ncccc12. The van der Waals surface area contributed by atoms with Crippen molar-refractivity contribution in [1.29, 1.82) is 0 Å². The molecule has 1 amide bonds. The van der Waals surface area contributed by atoms with Crippen molar-refractivity contribution < 1.29 is 27.5 Å². The van der Waals surface area contributed by atoms with Crippen LogP contribution in [-0.2, 0) is 16.1 Å². The van der Waals surface area contributed by atoms with E-state index in [1.54, 1.807) is 60.8 Å². The first-order valence-electron chi connectivity index (χ1n) is 8.73. The highest BCUT2D eigenvalue weighted by atomic mass is 19.4. The van der Waals surface area contributed by atoms with Crippen molar-refractivity contribution in [1.82, 2.24) is 9.88 Å². The predicted molar refractivity (Wildman–Crippen MR) is 99.9 cm³/mol. The second-order valence-corrected chi connectivity index (χ2v) is 6.30. The van der Waals surface area contributed by atoms with Crippen molar-refractivity contribution in [2.45, 2.75) is 12.7 Å². The summed E-state index contributed by atoms with van der Waals surface area (Å²) >= 11 is 0. The van der Waals surface area contributed by atoms with E-state index in [9.17, 15) is 22.8 Å². The lowest BCUT2D eigenvalue weighted by Crippen LogP contribution is -2.40. The number of esters is 1. The van der Waals surface area contributed by atoms with Crippen molar-refractivity contribution in [2.75, 3.05) is 13.2 Å². The number of carbonyl (C=O) groups excluding carboxylic acids is 2. The van der Waals surface area contributed by atoms with Crippen LogP contribution in [0, 0.1) is 0 Å². The number of nitrogens with zero attached hydrogens (tertiary/aromatic N) is 2. The molecule has 150 valence electrons. The Labute approximate surface area is 164 Å². The normalized spacial score (nSPS) is 11.3. The van der Waals surface area contributed by atoms with Crippen LogP contribution >= 0.6 is 0 Å². The van der Waals surface area contributed by atoms with Crippen LogP contribution in [0.2, 0.25) is 0 Å². The fourth-order valence-electron chi connectivity index (χ4n) is 2.83. The molecule has 0 bridgehead atoms. The molecule has 0 N–H and O–H groups in total. The van der Waals surface area contributed by atoms with Gasteiger partial charge in [-0.05, 0) is 23.8 Å². The number of halogens is 3. The van der Waals surface area contributed by atoms with Gasteiger partial charge in [-0.25, -0.2) is 4.79 Å². The molecule has 0 atom stereocenters. The number of aromatic nitrogens is 1. The van der Waals surface area contributed by atoms with E-state index in [4.69, 9.17) is 4.74 Å². The van der Waals surface area contributed by atoms with Gasteiger partial charge in [-0.15, -0.1) is 0 Å². The molecule has 0 saturated heterocycles. The summed E-state index contributed by atoms with van der Waals surface area (Å²) in [6.07, 6.45) is -3.00. The summed E-state index contributed by atoms with van der Waals surface area (Å²) in [5.41, 5.74) is 1.29. The summed E-state index contributed by atoms with van der Waals surface area (Å²) in [6.45, 7) is -2.47. The maximum atomic E-state index is 12.9. The molecule has 3 aromatic rings. The van der Waals surface area contributed by atoms with Gasteiger partial charge in [-0.1, -0.05) is 42.5 Å². The van der Waals surface area contributed by atoms with Gasteiger partial charge in [0.15, 0.2) is 6.61 Å². The standard InChI is InChI=1S/C21H17F3N2O3/c22-21(23,24)14-26(12-15-6-2-1-3-7-15)19(27)13-29-20(28)17-8-4-10-18-16(17)9-5-11-25-18/h1-11H,12-14H2. The van der Waals surface area contributed by atoms with Crippen LogP contribution in [-0.4, -0.2) is 41.1 Å². The van der Waals surface area contributed by atoms with E-state index in [-0.39, 0.29) is 12.1 Å². The highest BCUT2D eigenvalue weighted by Gasteiger charge is 2.33. The van der Waals surface area contributed by atoms with Crippen molar-refractivity contribution >= 4 is 22.8 Å². The summed E-state index contributed by atoms with van der Waals surface area (Å²) in [6, 6.07) is 16.4.